The summed E-state index contributed by atoms with van der Waals surface area (Å²) in [5, 5.41) is 7.24. The Bertz CT molecular complexity index is 2040. The molecule has 1 spiro atoms. The number of hydrogen-bond acceptors (Lipinski definition) is 9. The Labute approximate surface area is 327 Å². The molecule has 0 bridgehead atoms. The fourth-order valence-corrected chi connectivity index (χ4v) is 9.95. The van der Waals surface area contributed by atoms with E-state index in [1.54, 1.807) is 13.0 Å². The van der Waals surface area contributed by atoms with Gasteiger partial charge in [-0.25, -0.2) is 18.2 Å². The number of benzene rings is 1. The fourth-order valence-electron chi connectivity index (χ4n) is 8.46. The van der Waals surface area contributed by atoms with Gasteiger partial charge < -0.3 is 25.0 Å². The number of hydrogen-bond donors (Lipinski definition) is 3. The normalized spacial score (nSPS) is 29.7. The van der Waals surface area contributed by atoms with Gasteiger partial charge in [0.1, 0.15) is 29.0 Å². The number of aromatic nitrogens is 1. The van der Waals surface area contributed by atoms with Gasteiger partial charge in [-0.3, -0.25) is 19.1 Å². The van der Waals surface area contributed by atoms with Crippen LogP contribution in [0.3, 0.4) is 0 Å². The number of pyridine rings is 1. The van der Waals surface area contributed by atoms with E-state index in [0.717, 1.165) is 29.3 Å². The van der Waals surface area contributed by atoms with Crippen LogP contribution in [0.25, 0.3) is 10.9 Å². The van der Waals surface area contributed by atoms with E-state index in [0.29, 0.717) is 67.8 Å². The monoisotopic (exact) mass is 797 g/mol. The third-order valence-corrected chi connectivity index (χ3v) is 14.6. The number of alkyl carbamates (subject to hydrolysis) is 1. The zero-order chi connectivity index (χ0) is 39.3. The first-order valence-electron chi connectivity index (χ1n) is 19.6. The number of ether oxygens (including phenoxy) is 2. The molecule has 2 aliphatic carbocycles. The fraction of sp³-hybridized carbons (Fsp3) is 0.625. The lowest BCUT2D eigenvalue weighted by atomic mass is 9.65. The van der Waals surface area contributed by atoms with E-state index in [1.807, 2.05) is 45.1 Å². The molecule has 3 fully saturated rings. The van der Waals surface area contributed by atoms with Gasteiger partial charge in [0.05, 0.1) is 29.1 Å². The maximum atomic E-state index is 14.8. The number of fused-ring (bicyclic) bond motifs is 5. The van der Waals surface area contributed by atoms with Gasteiger partial charge >= 0.3 is 6.09 Å². The van der Waals surface area contributed by atoms with Crippen molar-refractivity contribution in [1.29, 1.82) is 0 Å². The summed E-state index contributed by atoms with van der Waals surface area (Å²) in [5.74, 6) is -1.57. The van der Waals surface area contributed by atoms with Crippen LogP contribution in [0.1, 0.15) is 103 Å². The average Bonchev–Trinajstić information content (AvgIpc) is 3.79. The number of nitrogens with zero attached hydrogens (tertiary/aromatic N) is 2. The summed E-state index contributed by atoms with van der Waals surface area (Å²) in [4.78, 5) is 62.9. The Kier molecular flexibility index (Phi) is 10.6. The van der Waals surface area contributed by atoms with Crippen molar-refractivity contribution in [3.63, 3.8) is 0 Å². The first-order valence-corrected chi connectivity index (χ1v) is 21.5. The molecule has 5 aliphatic rings. The maximum absolute atomic E-state index is 14.8. The minimum absolute atomic E-state index is 0.0465. The van der Waals surface area contributed by atoms with Crippen LogP contribution in [-0.2, 0) is 35.6 Å². The summed E-state index contributed by atoms with van der Waals surface area (Å²) in [6.45, 7) is 7.53. The third kappa shape index (κ3) is 7.65. The van der Waals surface area contributed by atoms with Gasteiger partial charge in [-0.05, 0) is 95.8 Å². The minimum atomic E-state index is -4.00. The topological polar surface area (TPSA) is 173 Å². The van der Waals surface area contributed by atoms with Crippen LogP contribution in [0.5, 0.6) is 5.75 Å². The number of nitrogens with one attached hydrogen (secondary N) is 3. The molecule has 15 heteroatoms. The van der Waals surface area contributed by atoms with Crippen molar-refractivity contribution in [3.8, 4) is 5.75 Å². The lowest BCUT2D eigenvalue weighted by Gasteiger charge is -2.48. The van der Waals surface area contributed by atoms with Gasteiger partial charge in [-0.15, -0.1) is 0 Å². The number of sulfonamides is 1. The van der Waals surface area contributed by atoms with Gasteiger partial charge in [-0.1, -0.05) is 50.4 Å². The van der Waals surface area contributed by atoms with Crippen molar-refractivity contribution in [2.45, 2.75) is 133 Å². The van der Waals surface area contributed by atoms with Gasteiger partial charge in [0.25, 0.3) is 5.91 Å². The van der Waals surface area contributed by atoms with Crippen molar-refractivity contribution in [2.75, 3.05) is 13.2 Å². The summed E-state index contributed by atoms with van der Waals surface area (Å²) in [5.41, 5.74) is -0.114. The van der Waals surface area contributed by atoms with Gasteiger partial charge in [0, 0.05) is 28.3 Å². The van der Waals surface area contributed by atoms with E-state index in [-0.39, 0.29) is 31.9 Å². The van der Waals surface area contributed by atoms with Crippen LogP contribution >= 0.6 is 11.6 Å². The molecule has 0 radical (unpaired) electrons. The summed E-state index contributed by atoms with van der Waals surface area (Å²) < 4.78 is 40.2. The smallest absolute Gasteiger partial charge is 0.407 e. The van der Waals surface area contributed by atoms with Gasteiger partial charge in [-0.2, -0.15) is 0 Å². The molecule has 4 heterocycles. The van der Waals surface area contributed by atoms with Crippen LogP contribution < -0.4 is 20.1 Å². The molecular weight excluding hydrogens is 746 g/mol. The Morgan fingerprint density at radius 2 is 1.91 bits per heavy atom. The van der Waals surface area contributed by atoms with Gasteiger partial charge in [0.15, 0.2) is 0 Å². The van der Waals surface area contributed by atoms with Crippen LogP contribution in [0.15, 0.2) is 30.4 Å². The molecule has 5 atom stereocenters. The van der Waals surface area contributed by atoms with Crippen molar-refractivity contribution < 1.29 is 37.1 Å². The predicted molar refractivity (Wildman–Crippen MR) is 207 cm³/mol. The number of aryl methyl sites for hydroxylation is 2. The summed E-state index contributed by atoms with van der Waals surface area (Å²) in [6.07, 6.45) is 9.29. The molecule has 55 heavy (non-hydrogen) atoms. The largest absolute Gasteiger partial charge is 0.483 e. The summed E-state index contributed by atoms with van der Waals surface area (Å²) >= 11 is 6.39. The minimum Gasteiger partial charge on any atom is -0.483 e. The van der Waals surface area contributed by atoms with Crippen LogP contribution in [0, 0.1) is 18.8 Å². The molecule has 2 saturated carbocycles. The quantitative estimate of drug-likeness (QED) is 0.324. The summed E-state index contributed by atoms with van der Waals surface area (Å²) in [6, 6.07) is 3.46. The van der Waals surface area contributed by atoms with Gasteiger partial charge in [0.2, 0.25) is 21.8 Å². The second kappa shape index (κ2) is 14.9. The highest BCUT2D eigenvalue weighted by atomic mass is 35.5. The standard InChI is InChI=1S/C40H52ClN5O8S/c1-24(2)22-53-37(50)43-31-11-9-7-5-6-8-10-26-14-17-40(26,36(49)45-55(51,52)38(4)18-19-38)44-34(47)32-21-39(23-46(32)35(31)48)16-15-28-29-20-27(41)12-13-30(29)42-25(3)33(28)54-39/h8,10,12-13,20,24,26,31-32H,5-7,9,11,14-19,21-23H2,1-4H3,(H,43,50)(H,44,47)(H,45,49)/b10-8-/t26-,31?,32+,39-,40-/m1/s1. The molecule has 298 valence electrons. The average molecular weight is 798 g/mol. The number of amides is 4. The van der Waals surface area contributed by atoms with E-state index < -0.39 is 67.7 Å². The lowest BCUT2D eigenvalue weighted by molar-refractivity contribution is -0.144. The molecule has 7 rings (SSSR count). The highest BCUT2D eigenvalue weighted by molar-refractivity contribution is 7.91. The van der Waals surface area contributed by atoms with Crippen LogP contribution in [-0.4, -0.2) is 83.2 Å². The van der Waals surface area contributed by atoms with Crippen molar-refractivity contribution >= 4 is 56.3 Å². The van der Waals surface area contributed by atoms with E-state index >= 15 is 0 Å². The second-order valence-electron chi connectivity index (χ2n) is 16.9. The number of carbonyl (C=O) groups is 4. The molecule has 1 aromatic heterocycles. The number of allylic oxidation sites excluding steroid dienone is 1. The predicted octanol–water partition coefficient (Wildman–Crippen LogP) is 5.40. The van der Waals surface area contributed by atoms with Crippen molar-refractivity contribution in [2.24, 2.45) is 11.8 Å². The first kappa shape index (κ1) is 39.3. The zero-order valence-electron chi connectivity index (χ0n) is 32.0. The highest BCUT2D eigenvalue weighted by Gasteiger charge is 2.59. The van der Waals surface area contributed by atoms with Crippen molar-refractivity contribution in [1.82, 2.24) is 25.2 Å². The molecular formula is C40H52ClN5O8S. The van der Waals surface area contributed by atoms with Crippen LogP contribution in [0.4, 0.5) is 4.79 Å². The Balaban J connectivity index is 1.24. The number of carbonyl (C=O) groups excluding carboxylic acids is 4. The Hall–Kier alpha value is -3.91. The van der Waals surface area contributed by atoms with E-state index in [4.69, 9.17) is 26.1 Å². The molecule has 1 saturated heterocycles. The molecule has 1 unspecified atom stereocenters. The molecule has 2 aromatic rings. The molecule has 4 amide bonds. The summed E-state index contributed by atoms with van der Waals surface area (Å²) in [7, 11) is -4.00. The molecule has 13 nitrogen and oxygen atoms in total. The Morgan fingerprint density at radius 3 is 2.62 bits per heavy atom. The first-order chi connectivity index (χ1) is 26.1. The number of halogens is 1. The highest BCUT2D eigenvalue weighted by Crippen LogP contribution is 2.47. The van der Waals surface area contributed by atoms with E-state index in [1.165, 1.54) is 4.90 Å². The SMILES string of the molecule is Cc1nc2ccc(Cl)cc2c2c1O[C@]1(CC2)C[C@H]2C(=O)N[C@]3(C(=O)NS(=O)(=O)C4(C)CC4)CC[C@H]3/C=C\CCCCCC(NC(=O)OCC(C)C)C(=O)N2C1. The number of rotatable bonds is 6. The lowest BCUT2D eigenvalue weighted by Crippen LogP contribution is -2.70. The third-order valence-electron chi connectivity index (χ3n) is 12.2. The molecule has 3 aliphatic heterocycles. The maximum Gasteiger partial charge on any atom is 0.407 e. The van der Waals surface area contributed by atoms with E-state index in [9.17, 15) is 27.6 Å². The zero-order valence-corrected chi connectivity index (χ0v) is 33.6. The molecule has 3 N–H and O–H groups in total. The Morgan fingerprint density at radius 1 is 1.13 bits per heavy atom. The van der Waals surface area contributed by atoms with Crippen molar-refractivity contribution in [3.05, 3.63) is 46.6 Å². The second-order valence-corrected chi connectivity index (χ2v) is 19.5. The van der Waals surface area contributed by atoms with E-state index in [2.05, 4.69) is 15.4 Å². The molecule has 1 aromatic carbocycles. The van der Waals surface area contributed by atoms with Crippen LogP contribution in [0.2, 0.25) is 5.02 Å².